The van der Waals surface area contributed by atoms with Crippen molar-refractivity contribution < 1.29 is 9.72 Å². The van der Waals surface area contributed by atoms with Gasteiger partial charge in [0, 0.05) is 24.3 Å². The van der Waals surface area contributed by atoms with E-state index in [0.29, 0.717) is 11.5 Å². The Hall–Kier alpha value is -2.17. The molecule has 0 radical (unpaired) electrons. The second kappa shape index (κ2) is 5.65. The molecule has 1 aliphatic carbocycles. The monoisotopic (exact) mass is 260 g/mol. The van der Waals surface area contributed by atoms with E-state index in [4.69, 9.17) is 0 Å². The lowest BCUT2D eigenvalue weighted by molar-refractivity contribution is -0.384. The molecule has 5 heteroatoms. The van der Waals surface area contributed by atoms with Gasteiger partial charge in [-0.2, -0.15) is 0 Å². The molecule has 0 saturated heterocycles. The second-order valence-corrected chi connectivity index (χ2v) is 4.82. The Bertz CT molecular complexity index is 521. The van der Waals surface area contributed by atoms with Crippen LogP contribution in [0.4, 0.5) is 5.69 Å². The zero-order valence-corrected chi connectivity index (χ0v) is 10.7. The Kier molecular flexibility index (Phi) is 3.94. The van der Waals surface area contributed by atoms with E-state index in [9.17, 15) is 14.9 Å². The number of nitrogens with one attached hydrogen (secondary N) is 1. The van der Waals surface area contributed by atoms with Crippen molar-refractivity contribution in [2.75, 3.05) is 0 Å². The number of carbonyl (C=O) groups excluding carboxylic acids is 1. The van der Waals surface area contributed by atoms with Crippen LogP contribution in [-0.4, -0.2) is 16.9 Å². The van der Waals surface area contributed by atoms with Crippen LogP contribution in [0.2, 0.25) is 0 Å². The van der Waals surface area contributed by atoms with Crippen molar-refractivity contribution in [2.45, 2.75) is 25.8 Å². The van der Waals surface area contributed by atoms with Crippen molar-refractivity contribution in [2.24, 2.45) is 5.92 Å². The van der Waals surface area contributed by atoms with Crippen molar-refractivity contribution in [3.05, 3.63) is 46.0 Å². The fourth-order valence-corrected chi connectivity index (χ4v) is 1.90. The minimum atomic E-state index is -0.452. The molecule has 1 aliphatic rings. The number of rotatable bonds is 5. The minimum absolute atomic E-state index is 0.0221. The second-order valence-electron chi connectivity index (χ2n) is 4.82. The molecule has 1 aromatic carbocycles. The highest BCUT2D eigenvalue weighted by Gasteiger charge is 2.28. The van der Waals surface area contributed by atoms with Gasteiger partial charge in [0.25, 0.3) is 5.69 Å². The summed E-state index contributed by atoms with van der Waals surface area (Å²) < 4.78 is 0. The molecule has 0 spiro atoms. The lowest BCUT2D eigenvalue weighted by Crippen LogP contribution is -2.32. The van der Waals surface area contributed by atoms with E-state index in [-0.39, 0.29) is 17.6 Å². The number of nitrogens with zero attached hydrogens (tertiary/aromatic N) is 1. The summed E-state index contributed by atoms with van der Waals surface area (Å²) in [6, 6.07) is 6.38. The number of nitro benzene ring substituents is 1. The van der Waals surface area contributed by atoms with Gasteiger partial charge in [-0.25, -0.2) is 0 Å². The molecule has 2 rings (SSSR count). The summed E-state index contributed by atoms with van der Waals surface area (Å²) in [6.07, 6.45) is 5.35. The van der Waals surface area contributed by atoms with E-state index in [1.54, 1.807) is 18.2 Å². The van der Waals surface area contributed by atoms with Crippen molar-refractivity contribution in [1.82, 2.24) is 5.32 Å². The average molecular weight is 260 g/mol. The number of carbonyl (C=O) groups is 1. The van der Waals surface area contributed by atoms with E-state index < -0.39 is 4.92 Å². The molecule has 0 aliphatic heterocycles. The molecule has 1 amide bonds. The smallest absolute Gasteiger partial charge is 0.270 e. The third kappa shape index (κ3) is 3.91. The summed E-state index contributed by atoms with van der Waals surface area (Å²) in [6.45, 7) is 2.00. The molecule has 0 aromatic heterocycles. The first-order valence-corrected chi connectivity index (χ1v) is 6.29. The normalized spacial score (nSPS) is 16.3. The van der Waals surface area contributed by atoms with Gasteiger partial charge in [-0.15, -0.1) is 0 Å². The lowest BCUT2D eigenvalue weighted by Gasteiger charge is -2.10. The highest BCUT2D eigenvalue weighted by Crippen LogP contribution is 2.32. The van der Waals surface area contributed by atoms with Crippen molar-refractivity contribution >= 4 is 17.7 Å². The van der Waals surface area contributed by atoms with Crippen molar-refractivity contribution in [3.8, 4) is 0 Å². The maximum absolute atomic E-state index is 11.6. The molecule has 1 aromatic rings. The molecule has 0 bridgehead atoms. The molecule has 1 saturated carbocycles. The number of benzene rings is 1. The van der Waals surface area contributed by atoms with Gasteiger partial charge in [0.1, 0.15) is 0 Å². The molecule has 0 heterocycles. The van der Waals surface area contributed by atoms with E-state index >= 15 is 0 Å². The number of hydrogen-bond donors (Lipinski definition) is 1. The first-order chi connectivity index (χ1) is 9.06. The fraction of sp³-hybridized carbons (Fsp3) is 0.357. The first kappa shape index (κ1) is 13.3. The third-order valence-electron chi connectivity index (χ3n) is 3.21. The highest BCUT2D eigenvalue weighted by atomic mass is 16.6. The Morgan fingerprint density at radius 2 is 2.26 bits per heavy atom. The van der Waals surface area contributed by atoms with Crippen LogP contribution in [0, 0.1) is 16.0 Å². The van der Waals surface area contributed by atoms with E-state index in [2.05, 4.69) is 5.32 Å². The zero-order chi connectivity index (χ0) is 13.8. The molecule has 5 nitrogen and oxygen atoms in total. The maximum atomic E-state index is 11.6. The molecule has 1 N–H and O–H groups in total. The van der Waals surface area contributed by atoms with Gasteiger partial charge in [-0.05, 0) is 37.3 Å². The summed E-state index contributed by atoms with van der Waals surface area (Å²) in [7, 11) is 0. The van der Waals surface area contributed by atoms with Crippen molar-refractivity contribution in [1.29, 1.82) is 0 Å². The maximum Gasteiger partial charge on any atom is 0.270 e. The summed E-state index contributed by atoms with van der Waals surface area (Å²) in [4.78, 5) is 21.8. The van der Waals surface area contributed by atoms with Gasteiger partial charge in [0.15, 0.2) is 0 Å². The summed E-state index contributed by atoms with van der Waals surface area (Å²) in [5.74, 6) is 0.445. The lowest BCUT2D eigenvalue weighted by atomic mass is 10.2. The Morgan fingerprint density at radius 3 is 2.89 bits per heavy atom. The summed E-state index contributed by atoms with van der Waals surface area (Å²) in [5.41, 5.74) is 0.664. The molecule has 1 fully saturated rings. The number of amides is 1. The highest BCUT2D eigenvalue weighted by molar-refractivity contribution is 5.92. The van der Waals surface area contributed by atoms with Crippen LogP contribution in [0.1, 0.15) is 25.3 Å². The SMILES string of the molecule is CC(NC(=O)/C=C/c1cccc([N+](=O)[O-])c1)C1CC1. The van der Waals surface area contributed by atoms with Crippen LogP contribution in [0.15, 0.2) is 30.3 Å². The van der Waals surface area contributed by atoms with Crippen LogP contribution in [0.5, 0.6) is 0 Å². The minimum Gasteiger partial charge on any atom is -0.350 e. The van der Waals surface area contributed by atoms with Crippen LogP contribution in [-0.2, 0) is 4.79 Å². The molecule has 100 valence electrons. The Morgan fingerprint density at radius 1 is 1.53 bits per heavy atom. The molecule has 1 unspecified atom stereocenters. The van der Waals surface area contributed by atoms with Gasteiger partial charge in [0.2, 0.25) is 5.91 Å². The molecular weight excluding hydrogens is 244 g/mol. The predicted molar refractivity (Wildman–Crippen MR) is 72.5 cm³/mol. The Labute approximate surface area is 111 Å². The first-order valence-electron chi connectivity index (χ1n) is 6.29. The van der Waals surface area contributed by atoms with Crippen LogP contribution >= 0.6 is 0 Å². The average Bonchev–Trinajstić information content (AvgIpc) is 3.21. The summed E-state index contributed by atoms with van der Waals surface area (Å²) >= 11 is 0. The summed E-state index contributed by atoms with van der Waals surface area (Å²) in [5, 5.41) is 13.5. The van der Waals surface area contributed by atoms with Gasteiger partial charge in [0.05, 0.1) is 4.92 Å². The van der Waals surface area contributed by atoms with Crippen molar-refractivity contribution in [3.63, 3.8) is 0 Å². The van der Waals surface area contributed by atoms with E-state index in [0.717, 1.165) is 0 Å². The third-order valence-corrected chi connectivity index (χ3v) is 3.21. The van der Waals surface area contributed by atoms with Gasteiger partial charge >= 0.3 is 0 Å². The fourth-order valence-electron chi connectivity index (χ4n) is 1.90. The molecular formula is C14H16N2O3. The predicted octanol–water partition coefficient (Wildman–Crippen LogP) is 2.52. The standard InChI is InChI=1S/C14H16N2O3/c1-10(12-6-7-12)15-14(17)8-5-11-3-2-4-13(9-11)16(18)19/h2-5,8-10,12H,6-7H2,1H3,(H,15,17)/b8-5+. The number of hydrogen-bond acceptors (Lipinski definition) is 3. The largest absolute Gasteiger partial charge is 0.350 e. The van der Waals surface area contributed by atoms with E-state index in [1.807, 2.05) is 6.92 Å². The van der Waals surface area contributed by atoms with Gasteiger partial charge < -0.3 is 5.32 Å². The zero-order valence-electron chi connectivity index (χ0n) is 10.7. The number of nitro groups is 1. The Balaban J connectivity index is 1.95. The van der Waals surface area contributed by atoms with Crippen LogP contribution in [0.25, 0.3) is 6.08 Å². The van der Waals surface area contributed by atoms with E-state index in [1.165, 1.54) is 31.1 Å². The molecule has 19 heavy (non-hydrogen) atoms. The number of non-ortho nitro benzene ring substituents is 1. The van der Waals surface area contributed by atoms with Crippen LogP contribution in [0.3, 0.4) is 0 Å². The van der Waals surface area contributed by atoms with Gasteiger partial charge in [-0.3, -0.25) is 14.9 Å². The van der Waals surface area contributed by atoms with Crippen LogP contribution < -0.4 is 5.32 Å². The molecule has 1 atom stereocenters. The topological polar surface area (TPSA) is 72.2 Å². The van der Waals surface area contributed by atoms with Gasteiger partial charge in [-0.1, -0.05) is 12.1 Å². The quantitative estimate of drug-likeness (QED) is 0.502.